The van der Waals surface area contributed by atoms with E-state index in [-0.39, 0.29) is 30.5 Å². The number of halogens is 1. The lowest BCUT2D eigenvalue weighted by Crippen LogP contribution is -2.47. The minimum Gasteiger partial charge on any atom is -0.369 e. The predicted molar refractivity (Wildman–Crippen MR) is 100 cm³/mol. The van der Waals surface area contributed by atoms with E-state index in [2.05, 4.69) is 9.98 Å². The smallest absolute Gasteiger partial charge is 0.231 e. The van der Waals surface area contributed by atoms with Crippen molar-refractivity contribution in [2.75, 3.05) is 7.05 Å². The van der Waals surface area contributed by atoms with Crippen LogP contribution < -0.4 is 5.73 Å². The number of hydrogen-bond acceptors (Lipinski definition) is 5. The summed E-state index contributed by atoms with van der Waals surface area (Å²) < 4.78 is 0. The first-order chi connectivity index (χ1) is 12.3. The maximum Gasteiger partial charge on any atom is 0.231 e. The molecule has 6 nitrogen and oxygen atoms in total. The molecule has 1 unspecified atom stereocenters. The molecule has 3 rings (SSSR count). The van der Waals surface area contributed by atoms with E-state index in [0.717, 1.165) is 5.56 Å². The monoisotopic (exact) mass is 370 g/mol. The van der Waals surface area contributed by atoms with Gasteiger partial charge in [0.25, 0.3) is 0 Å². The number of nitrogens with two attached hydrogens (primary N) is 1. The molecule has 26 heavy (non-hydrogen) atoms. The van der Waals surface area contributed by atoms with Crippen molar-refractivity contribution in [2.45, 2.75) is 25.3 Å². The van der Waals surface area contributed by atoms with E-state index in [0.29, 0.717) is 16.3 Å². The highest BCUT2D eigenvalue weighted by atomic mass is 35.5. The lowest BCUT2D eigenvalue weighted by atomic mass is 9.90. The third-order valence-electron chi connectivity index (χ3n) is 4.48. The Morgan fingerprint density at radius 1 is 1.31 bits per heavy atom. The predicted octanol–water partition coefficient (Wildman–Crippen LogP) is 2.55. The molecule has 2 heterocycles. The molecule has 1 amide bonds. The molecule has 134 valence electrons. The van der Waals surface area contributed by atoms with E-state index in [1.54, 1.807) is 43.6 Å². The Bertz CT molecular complexity index is 895. The van der Waals surface area contributed by atoms with Crippen LogP contribution in [-0.2, 0) is 16.8 Å². The van der Waals surface area contributed by atoms with Gasteiger partial charge in [-0.3, -0.25) is 19.5 Å². The topological polar surface area (TPSA) is 88.7 Å². The molecule has 0 spiro atoms. The van der Waals surface area contributed by atoms with E-state index in [4.69, 9.17) is 17.3 Å². The molecule has 0 saturated carbocycles. The number of aliphatic imine (C=N–C) groups is 1. The van der Waals surface area contributed by atoms with Crippen LogP contribution in [0.3, 0.4) is 0 Å². The van der Waals surface area contributed by atoms with Gasteiger partial charge >= 0.3 is 0 Å². The molecule has 1 aromatic carbocycles. The molecule has 0 bridgehead atoms. The summed E-state index contributed by atoms with van der Waals surface area (Å²) in [4.78, 5) is 34.7. The summed E-state index contributed by atoms with van der Waals surface area (Å²) in [6.07, 6.45) is 2.02. The van der Waals surface area contributed by atoms with Gasteiger partial charge in [-0.1, -0.05) is 11.6 Å². The van der Waals surface area contributed by atoms with Gasteiger partial charge < -0.3 is 5.73 Å². The summed E-state index contributed by atoms with van der Waals surface area (Å²) in [6, 6.07) is 10.4. The fraction of sp³-hybridized carbons (Fsp3) is 0.263. The summed E-state index contributed by atoms with van der Waals surface area (Å²) in [6.45, 7) is 1.82. The van der Waals surface area contributed by atoms with Gasteiger partial charge in [-0.25, -0.2) is 4.99 Å². The number of guanidine groups is 1. The van der Waals surface area contributed by atoms with E-state index in [1.165, 1.54) is 4.90 Å². The molecule has 1 aliphatic heterocycles. The number of nitrogens with zero attached hydrogens (tertiary/aromatic N) is 3. The Kier molecular flexibility index (Phi) is 4.78. The zero-order valence-electron chi connectivity index (χ0n) is 14.6. The van der Waals surface area contributed by atoms with Crippen molar-refractivity contribution >= 4 is 29.3 Å². The molecule has 1 aliphatic rings. The number of ketones is 1. The highest BCUT2D eigenvalue weighted by Gasteiger charge is 2.37. The highest BCUT2D eigenvalue weighted by Crippen LogP contribution is 2.32. The number of aromatic nitrogens is 1. The van der Waals surface area contributed by atoms with Gasteiger partial charge in [0.15, 0.2) is 11.7 Å². The van der Waals surface area contributed by atoms with Crippen LogP contribution in [0.1, 0.15) is 35.0 Å². The van der Waals surface area contributed by atoms with Crippen LogP contribution in [0.5, 0.6) is 0 Å². The SMILES string of the molecule is CN1C(=O)CC(C)(c2cc(CC(=O)c3ccc(Cl)cc3)ccn2)N=C1N. The highest BCUT2D eigenvalue weighted by molar-refractivity contribution is 6.30. The number of Topliss-reactive ketones (excluding diaryl/α,β-unsaturated/α-hetero) is 1. The molecule has 0 saturated heterocycles. The van der Waals surface area contributed by atoms with Crippen LogP contribution in [-0.4, -0.2) is 34.6 Å². The molecule has 0 fully saturated rings. The second kappa shape index (κ2) is 6.88. The van der Waals surface area contributed by atoms with Crippen LogP contribution in [0, 0.1) is 0 Å². The largest absolute Gasteiger partial charge is 0.369 e. The Hall–Kier alpha value is -2.73. The minimum absolute atomic E-state index is 0.0218. The van der Waals surface area contributed by atoms with Gasteiger partial charge in [-0.05, 0) is 48.9 Å². The van der Waals surface area contributed by atoms with Gasteiger partial charge in [0.2, 0.25) is 5.91 Å². The molecular formula is C19H19ClN4O2. The Balaban J connectivity index is 1.85. The van der Waals surface area contributed by atoms with Crippen LogP contribution in [0.4, 0.5) is 0 Å². The number of carbonyl (C=O) groups is 2. The summed E-state index contributed by atoms with van der Waals surface area (Å²) in [5, 5.41) is 0.586. The number of hydrogen-bond donors (Lipinski definition) is 1. The molecule has 0 aliphatic carbocycles. The van der Waals surface area contributed by atoms with Crippen LogP contribution in [0.25, 0.3) is 0 Å². The summed E-state index contributed by atoms with van der Waals surface area (Å²) in [7, 11) is 1.59. The van der Waals surface area contributed by atoms with Crippen molar-refractivity contribution in [3.05, 3.63) is 64.4 Å². The van der Waals surface area contributed by atoms with Gasteiger partial charge in [-0.15, -0.1) is 0 Å². The third kappa shape index (κ3) is 3.60. The Morgan fingerprint density at radius 2 is 2.00 bits per heavy atom. The minimum atomic E-state index is -0.840. The molecule has 0 radical (unpaired) electrons. The van der Waals surface area contributed by atoms with E-state index >= 15 is 0 Å². The van der Waals surface area contributed by atoms with E-state index < -0.39 is 5.54 Å². The number of benzene rings is 1. The molecular weight excluding hydrogens is 352 g/mol. The molecule has 1 atom stereocenters. The normalized spacial score (nSPS) is 20.0. The third-order valence-corrected chi connectivity index (χ3v) is 4.73. The van der Waals surface area contributed by atoms with Crippen molar-refractivity contribution in [3.8, 4) is 0 Å². The molecule has 7 heteroatoms. The van der Waals surface area contributed by atoms with Crippen LogP contribution in [0.2, 0.25) is 5.02 Å². The first-order valence-corrected chi connectivity index (χ1v) is 8.52. The summed E-state index contributed by atoms with van der Waals surface area (Å²) >= 11 is 5.86. The maximum atomic E-state index is 12.5. The Morgan fingerprint density at radius 3 is 2.65 bits per heavy atom. The standard InChI is InChI=1S/C19H19ClN4O2/c1-19(11-17(26)24(2)18(21)23-19)16-10-12(7-8-22-16)9-15(25)13-3-5-14(20)6-4-13/h3-8,10H,9,11H2,1-2H3,(H2,21,23). The van der Waals surface area contributed by atoms with Crippen molar-refractivity contribution in [1.82, 2.24) is 9.88 Å². The van der Waals surface area contributed by atoms with Gasteiger partial charge in [0.1, 0.15) is 5.54 Å². The van der Waals surface area contributed by atoms with Gasteiger partial charge in [-0.2, -0.15) is 0 Å². The second-order valence-electron chi connectivity index (χ2n) is 6.53. The Labute approximate surface area is 156 Å². The first-order valence-electron chi connectivity index (χ1n) is 8.14. The van der Waals surface area contributed by atoms with Crippen molar-refractivity contribution < 1.29 is 9.59 Å². The van der Waals surface area contributed by atoms with Gasteiger partial charge in [0, 0.05) is 30.3 Å². The lowest BCUT2D eigenvalue weighted by Gasteiger charge is -2.32. The van der Waals surface area contributed by atoms with E-state index in [1.807, 2.05) is 13.0 Å². The number of rotatable bonds is 4. The fourth-order valence-corrected chi connectivity index (χ4v) is 2.98. The zero-order valence-corrected chi connectivity index (χ0v) is 15.3. The van der Waals surface area contributed by atoms with Crippen molar-refractivity contribution in [2.24, 2.45) is 10.7 Å². The number of pyridine rings is 1. The second-order valence-corrected chi connectivity index (χ2v) is 6.97. The van der Waals surface area contributed by atoms with Crippen LogP contribution in [0.15, 0.2) is 47.6 Å². The quantitative estimate of drug-likeness (QED) is 0.837. The summed E-state index contributed by atoms with van der Waals surface area (Å²) in [5.41, 5.74) is 7.02. The first kappa shape index (κ1) is 18.1. The van der Waals surface area contributed by atoms with Crippen LogP contribution >= 0.6 is 11.6 Å². The number of amides is 1. The average molecular weight is 371 g/mol. The van der Waals surface area contributed by atoms with Gasteiger partial charge in [0.05, 0.1) is 12.1 Å². The molecule has 2 N–H and O–H groups in total. The lowest BCUT2D eigenvalue weighted by molar-refractivity contribution is -0.128. The van der Waals surface area contributed by atoms with Crippen molar-refractivity contribution in [1.29, 1.82) is 0 Å². The number of carbonyl (C=O) groups excluding carboxylic acids is 2. The zero-order chi connectivity index (χ0) is 18.9. The fourth-order valence-electron chi connectivity index (χ4n) is 2.86. The maximum absolute atomic E-state index is 12.5. The molecule has 1 aromatic heterocycles. The van der Waals surface area contributed by atoms with E-state index in [9.17, 15) is 9.59 Å². The summed E-state index contributed by atoms with van der Waals surface area (Å²) in [5.74, 6) is 0.0177. The molecule has 2 aromatic rings. The van der Waals surface area contributed by atoms with Crippen molar-refractivity contribution in [3.63, 3.8) is 0 Å². The average Bonchev–Trinajstić information content (AvgIpc) is 2.60.